The Morgan fingerprint density at radius 1 is 1.32 bits per heavy atom. The van der Waals surface area contributed by atoms with Gasteiger partial charge < -0.3 is 15.0 Å². The SMILES string of the molecule is Cc1ccc(C(=O)N(C)C)cc1S(=O)(=O)N1CCC(n2ncc(NC[C@@]3(F)CCCOC3)c(Cl)c2=O)CC1. The number of aryl methyl sites for hydroxylation is 1. The second kappa shape index (κ2) is 11.3. The van der Waals surface area contributed by atoms with Crippen molar-refractivity contribution >= 4 is 33.2 Å². The summed E-state index contributed by atoms with van der Waals surface area (Å²) in [4.78, 5) is 26.8. The Morgan fingerprint density at radius 3 is 2.66 bits per heavy atom. The Balaban J connectivity index is 1.45. The highest BCUT2D eigenvalue weighted by atomic mass is 35.5. The molecule has 38 heavy (non-hydrogen) atoms. The van der Waals surface area contributed by atoms with Crippen molar-refractivity contribution in [2.75, 3.05) is 52.3 Å². The van der Waals surface area contributed by atoms with Crippen LogP contribution in [0.5, 0.6) is 0 Å². The number of amides is 1. The second-order valence-electron chi connectivity index (χ2n) is 10.1. The lowest BCUT2D eigenvalue weighted by Gasteiger charge is -2.32. The van der Waals surface area contributed by atoms with E-state index in [2.05, 4.69) is 10.4 Å². The van der Waals surface area contributed by atoms with Gasteiger partial charge in [0.15, 0.2) is 5.67 Å². The molecule has 4 rings (SSSR count). The summed E-state index contributed by atoms with van der Waals surface area (Å²) in [7, 11) is -0.643. The van der Waals surface area contributed by atoms with Gasteiger partial charge in [-0.2, -0.15) is 9.40 Å². The lowest BCUT2D eigenvalue weighted by molar-refractivity contribution is -0.0234. The Labute approximate surface area is 226 Å². The van der Waals surface area contributed by atoms with Crippen LogP contribution >= 0.6 is 11.6 Å². The lowest BCUT2D eigenvalue weighted by Crippen LogP contribution is -2.42. The molecule has 0 saturated carbocycles. The van der Waals surface area contributed by atoms with E-state index in [1.807, 2.05) is 0 Å². The first-order valence-corrected chi connectivity index (χ1v) is 14.3. The standard InChI is InChI=1S/C25H33ClFN5O5S/c1-17-5-6-18(23(33)30(2)3)13-21(17)38(35,36)31-10-7-19(8-11-31)32-24(34)22(26)20(14-29-32)28-15-25(27)9-4-12-37-16-25/h5-6,13-14,19,28H,4,7-12,15-16H2,1-3H3/t25-/m0/s1. The van der Waals surface area contributed by atoms with E-state index in [0.29, 0.717) is 43.4 Å². The molecule has 1 aromatic heterocycles. The van der Waals surface area contributed by atoms with Crippen molar-refractivity contribution in [2.24, 2.45) is 0 Å². The molecule has 1 atom stereocenters. The predicted molar refractivity (Wildman–Crippen MR) is 142 cm³/mol. The smallest absolute Gasteiger partial charge is 0.287 e. The van der Waals surface area contributed by atoms with Crippen LogP contribution in [0.25, 0.3) is 0 Å². The summed E-state index contributed by atoms with van der Waals surface area (Å²) in [6.07, 6.45) is 3.10. The minimum atomic E-state index is -3.86. The number of benzene rings is 1. The molecular formula is C25H33ClFN5O5S. The summed E-state index contributed by atoms with van der Waals surface area (Å²) in [5.74, 6) is -0.283. The van der Waals surface area contributed by atoms with Crippen molar-refractivity contribution in [3.8, 4) is 0 Å². The van der Waals surface area contributed by atoms with Gasteiger partial charge >= 0.3 is 0 Å². The van der Waals surface area contributed by atoms with Gasteiger partial charge in [-0.05, 0) is 50.3 Å². The van der Waals surface area contributed by atoms with Crippen LogP contribution in [-0.4, -0.2) is 85.9 Å². The molecule has 1 amide bonds. The number of piperidine rings is 1. The maximum absolute atomic E-state index is 14.8. The molecule has 2 aliphatic heterocycles. The number of nitrogens with zero attached hydrogens (tertiary/aromatic N) is 4. The molecular weight excluding hydrogens is 537 g/mol. The van der Waals surface area contributed by atoms with Gasteiger partial charge in [0.25, 0.3) is 11.5 Å². The highest BCUT2D eigenvalue weighted by Crippen LogP contribution is 2.29. The molecule has 1 N–H and O–H groups in total. The fraction of sp³-hybridized carbons (Fsp3) is 0.560. The van der Waals surface area contributed by atoms with Gasteiger partial charge in [0.1, 0.15) is 5.02 Å². The van der Waals surface area contributed by atoms with E-state index in [4.69, 9.17) is 16.3 Å². The average Bonchev–Trinajstić information content (AvgIpc) is 2.90. The molecule has 0 spiro atoms. The van der Waals surface area contributed by atoms with Crippen LogP contribution in [0.15, 0.2) is 34.1 Å². The van der Waals surface area contributed by atoms with E-state index in [9.17, 15) is 22.4 Å². The van der Waals surface area contributed by atoms with Crippen LogP contribution in [0.4, 0.5) is 10.1 Å². The fourth-order valence-corrected chi connectivity index (χ4v) is 6.70. The monoisotopic (exact) mass is 569 g/mol. The van der Waals surface area contributed by atoms with Crippen molar-refractivity contribution in [3.05, 3.63) is 50.9 Å². The van der Waals surface area contributed by atoms with Crippen LogP contribution in [0.3, 0.4) is 0 Å². The maximum atomic E-state index is 14.8. The highest BCUT2D eigenvalue weighted by Gasteiger charge is 2.34. The molecule has 2 aromatic rings. The maximum Gasteiger partial charge on any atom is 0.287 e. The van der Waals surface area contributed by atoms with Crippen molar-refractivity contribution < 1.29 is 22.3 Å². The molecule has 0 aliphatic carbocycles. The number of carbonyl (C=O) groups excluding carboxylic acids is 1. The zero-order chi connectivity index (χ0) is 27.7. The number of aromatic nitrogens is 2. The van der Waals surface area contributed by atoms with Crippen LogP contribution in [-0.2, 0) is 14.8 Å². The second-order valence-corrected chi connectivity index (χ2v) is 12.4. The normalized spacial score (nSPS) is 21.3. The Bertz CT molecular complexity index is 1350. The van der Waals surface area contributed by atoms with Gasteiger partial charge in [0.2, 0.25) is 10.0 Å². The molecule has 2 saturated heterocycles. The fourth-order valence-electron chi connectivity index (χ4n) is 4.77. The summed E-state index contributed by atoms with van der Waals surface area (Å²) in [5.41, 5.74) is -0.964. The summed E-state index contributed by atoms with van der Waals surface area (Å²) >= 11 is 6.32. The third-order valence-electron chi connectivity index (χ3n) is 7.04. The minimum absolute atomic E-state index is 0.0145. The molecule has 0 unspecified atom stereocenters. The molecule has 2 aliphatic rings. The molecule has 0 radical (unpaired) electrons. The molecule has 1 aromatic carbocycles. The third kappa shape index (κ3) is 5.88. The number of nitrogens with one attached hydrogen (secondary N) is 1. The zero-order valence-corrected chi connectivity index (χ0v) is 23.3. The van der Waals surface area contributed by atoms with Crippen LogP contribution in [0, 0.1) is 6.92 Å². The van der Waals surface area contributed by atoms with E-state index in [-0.39, 0.29) is 53.8 Å². The van der Waals surface area contributed by atoms with Gasteiger partial charge in [0.05, 0.1) is 36.0 Å². The number of rotatable bonds is 7. The van der Waals surface area contributed by atoms with Crippen LogP contribution < -0.4 is 10.9 Å². The van der Waals surface area contributed by atoms with Crippen molar-refractivity contribution in [1.29, 1.82) is 0 Å². The van der Waals surface area contributed by atoms with Crippen molar-refractivity contribution in [1.82, 2.24) is 19.0 Å². The number of sulfonamides is 1. The molecule has 3 heterocycles. The third-order valence-corrected chi connectivity index (χ3v) is 9.45. The number of hydrogen-bond acceptors (Lipinski definition) is 7. The number of ether oxygens (including phenoxy) is 1. The molecule has 0 bridgehead atoms. The lowest BCUT2D eigenvalue weighted by atomic mass is 9.99. The zero-order valence-electron chi connectivity index (χ0n) is 21.7. The van der Waals surface area contributed by atoms with Gasteiger partial charge in [-0.15, -0.1) is 0 Å². The predicted octanol–water partition coefficient (Wildman–Crippen LogP) is 2.86. The summed E-state index contributed by atoms with van der Waals surface area (Å²) in [5, 5.41) is 7.05. The van der Waals surface area contributed by atoms with E-state index >= 15 is 0 Å². The number of alkyl halides is 1. The highest BCUT2D eigenvalue weighted by molar-refractivity contribution is 7.89. The number of halogens is 2. The van der Waals surface area contributed by atoms with E-state index in [1.54, 1.807) is 33.2 Å². The van der Waals surface area contributed by atoms with Crippen LogP contribution in [0.2, 0.25) is 5.02 Å². The summed E-state index contributed by atoms with van der Waals surface area (Å²) < 4.78 is 49.6. The first-order chi connectivity index (χ1) is 17.9. The first kappa shape index (κ1) is 28.5. The minimum Gasteiger partial charge on any atom is -0.379 e. The molecule has 10 nitrogen and oxygen atoms in total. The summed E-state index contributed by atoms with van der Waals surface area (Å²) in [6.45, 7) is 2.51. The van der Waals surface area contributed by atoms with Crippen LogP contribution in [0.1, 0.15) is 47.6 Å². The van der Waals surface area contributed by atoms with Gasteiger partial charge in [0, 0.05) is 39.4 Å². The van der Waals surface area contributed by atoms with Gasteiger partial charge in [-0.3, -0.25) is 9.59 Å². The van der Waals surface area contributed by atoms with Gasteiger partial charge in [-0.25, -0.2) is 17.5 Å². The number of carbonyl (C=O) groups is 1. The number of anilines is 1. The van der Waals surface area contributed by atoms with E-state index in [1.165, 1.54) is 26.2 Å². The summed E-state index contributed by atoms with van der Waals surface area (Å²) in [6, 6.07) is 4.31. The van der Waals surface area contributed by atoms with Gasteiger partial charge in [-0.1, -0.05) is 17.7 Å². The molecule has 208 valence electrons. The quantitative estimate of drug-likeness (QED) is 0.545. The Kier molecular flexibility index (Phi) is 8.46. The van der Waals surface area contributed by atoms with Crippen molar-refractivity contribution in [2.45, 2.75) is 49.2 Å². The molecule has 2 fully saturated rings. The molecule has 13 heteroatoms. The largest absolute Gasteiger partial charge is 0.379 e. The van der Waals surface area contributed by atoms with Crippen molar-refractivity contribution in [3.63, 3.8) is 0 Å². The topological polar surface area (TPSA) is 114 Å². The Morgan fingerprint density at radius 2 is 2.03 bits per heavy atom. The average molecular weight is 570 g/mol. The van der Waals surface area contributed by atoms with E-state index in [0.717, 1.165) is 0 Å². The van der Waals surface area contributed by atoms with E-state index < -0.39 is 21.3 Å². The number of hydrogen-bond donors (Lipinski definition) is 1. The first-order valence-electron chi connectivity index (χ1n) is 12.5. The Hall–Kier alpha value is -2.54.